The van der Waals surface area contributed by atoms with E-state index in [1.165, 1.54) is 0 Å². The minimum Gasteiger partial charge on any atom is -0.454 e. The number of nitrogens with zero attached hydrogens (tertiary/aromatic N) is 4. The summed E-state index contributed by atoms with van der Waals surface area (Å²) in [4.78, 5) is 0. The molecule has 0 aliphatic heterocycles. The molecular weight excluding hydrogens is 601 g/mol. The van der Waals surface area contributed by atoms with Crippen molar-refractivity contribution in [3.63, 3.8) is 0 Å². The first-order chi connectivity index (χ1) is 24.2. The molecule has 0 unspecified atom stereocenters. The van der Waals surface area contributed by atoms with Gasteiger partial charge in [-0.15, -0.1) is 0 Å². The fourth-order valence-corrected chi connectivity index (χ4v) is 7.69. The normalized spacial score (nSPS) is 11.6. The molecular formula is C44H24N4O. The molecule has 0 spiro atoms. The van der Waals surface area contributed by atoms with Crippen LogP contribution in [-0.4, -0.2) is 9.13 Å². The summed E-state index contributed by atoms with van der Waals surface area (Å²) in [7, 11) is 0. The second-order valence-electron chi connectivity index (χ2n) is 12.3. The minimum absolute atomic E-state index is 0.442. The molecule has 0 radical (unpaired) electrons. The van der Waals surface area contributed by atoms with Crippen molar-refractivity contribution >= 4 is 65.6 Å². The molecule has 0 bridgehead atoms. The number of hydrogen-bond acceptors (Lipinski definition) is 3. The topological polar surface area (TPSA) is 70.6 Å². The van der Waals surface area contributed by atoms with Gasteiger partial charge in [0.05, 0.1) is 45.0 Å². The van der Waals surface area contributed by atoms with Gasteiger partial charge in [-0.2, -0.15) is 10.5 Å². The number of para-hydroxylation sites is 4. The maximum atomic E-state index is 10.4. The lowest BCUT2D eigenvalue weighted by Crippen LogP contribution is -2.01. The summed E-state index contributed by atoms with van der Waals surface area (Å²) < 4.78 is 11.0. The van der Waals surface area contributed by atoms with Crippen LogP contribution in [0.3, 0.4) is 0 Å². The Bertz CT molecular complexity index is 3030. The van der Waals surface area contributed by atoms with Crippen molar-refractivity contribution < 1.29 is 4.42 Å². The van der Waals surface area contributed by atoms with Crippen molar-refractivity contribution in [3.05, 3.63) is 157 Å². The second kappa shape index (κ2) is 10.2. The Morgan fingerprint density at radius 2 is 1.06 bits per heavy atom. The van der Waals surface area contributed by atoms with Crippen molar-refractivity contribution in [2.24, 2.45) is 0 Å². The van der Waals surface area contributed by atoms with E-state index >= 15 is 0 Å². The summed E-state index contributed by atoms with van der Waals surface area (Å²) >= 11 is 0. The Morgan fingerprint density at radius 3 is 1.76 bits per heavy atom. The molecule has 0 aliphatic rings. The fourth-order valence-electron chi connectivity index (χ4n) is 7.69. The minimum atomic E-state index is 0.442. The third kappa shape index (κ3) is 3.79. The maximum absolute atomic E-state index is 10.4. The third-order valence-electron chi connectivity index (χ3n) is 9.79. The first-order valence-corrected chi connectivity index (χ1v) is 16.1. The predicted molar refractivity (Wildman–Crippen MR) is 197 cm³/mol. The first kappa shape index (κ1) is 27.1. The van der Waals surface area contributed by atoms with Gasteiger partial charge in [-0.25, -0.2) is 0 Å². The molecule has 226 valence electrons. The number of aromatic nitrogens is 2. The summed E-state index contributed by atoms with van der Waals surface area (Å²) in [6.07, 6.45) is 0. The van der Waals surface area contributed by atoms with E-state index in [0.717, 1.165) is 88.1 Å². The molecule has 3 aromatic heterocycles. The van der Waals surface area contributed by atoms with E-state index in [9.17, 15) is 10.5 Å². The van der Waals surface area contributed by atoms with E-state index in [1.807, 2.05) is 60.7 Å². The zero-order chi connectivity index (χ0) is 32.6. The van der Waals surface area contributed by atoms with Gasteiger partial charge in [-0.05, 0) is 60.2 Å². The molecule has 0 fully saturated rings. The monoisotopic (exact) mass is 624 g/mol. The van der Waals surface area contributed by atoms with Crippen LogP contribution in [0.25, 0.3) is 88.1 Å². The van der Waals surface area contributed by atoms with Gasteiger partial charge in [-0.1, -0.05) is 91.0 Å². The molecule has 7 aromatic carbocycles. The summed E-state index contributed by atoms with van der Waals surface area (Å²) in [6.45, 7) is 0. The van der Waals surface area contributed by atoms with Crippen LogP contribution in [0, 0.1) is 22.7 Å². The lowest BCUT2D eigenvalue weighted by Gasteiger charge is -2.15. The Balaban J connectivity index is 1.25. The van der Waals surface area contributed by atoms with Crippen molar-refractivity contribution in [1.29, 1.82) is 10.5 Å². The van der Waals surface area contributed by atoms with Gasteiger partial charge in [0.1, 0.15) is 11.7 Å². The molecule has 0 saturated heterocycles. The number of benzene rings is 7. The van der Waals surface area contributed by atoms with Gasteiger partial charge >= 0.3 is 0 Å². The van der Waals surface area contributed by atoms with Crippen molar-refractivity contribution in [2.45, 2.75) is 0 Å². The summed E-state index contributed by atoms with van der Waals surface area (Å²) in [5.74, 6) is 0. The summed E-state index contributed by atoms with van der Waals surface area (Å²) in [5, 5.41) is 27.4. The van der Waals surface area contributed by atoms with Crippen LogP contribution in [0.1, 0.15) is 11.1 Å². The van der Waals surface area contributed by atoms with Gasteiger partial charge in [0.2, 0.25) is 0 Å². The smallest absolute Gasteiger partial charge is 0.160 e. The summed E-state index contributed by atoms with van der Waals surface area (Å²) in [6, 6.07) is 54.2. The highest BCUT2D eigenvalue weighted by atomic mass is 16.3. The van der Waals surface area contributed by atoms with Crippen molar-refractivity contribution in [3.8, 4) is 34.6 Å². The summed E-state index contributed by atoms with van der Waals surface area (Å²) in [5.41, 5.74) is 9.97. The van der Waals surface area contributed by atoms with Crippen molar-refractivity contribution in [2.75, 3.05) is 0 Å². The number of furan rings is 1. The van der Waals surface area contributed by atoms with E-state index in [1.54, 1.807) is 6.07 Å². The van der Waals surface area contributed by atoms with Gasteiger partial charge < -0.3 is 13.6 Å². The number of rotatable bonds is 3. The lowest BCUT2D eigenvalue weighted by molar-refractivity contribution is 0.671. The highest BCUT2D eigenvalue weighted by molar-refractivity contribution is 6.21. The van der Waals surface area contributed by atoms with Crippen LogP contribution >= 0.6 is 0 Å². The molecule has 10 rings (SSSR count). The van der Waals surface area contributed by atoms with Crippen molar-refractivity contribution in [1.82, 2.24) is 9.13 Å². The number of hydrogen-bond donors (Lipinski definition) is 0. The quantitative estimate of drug-likeness (QED) is 0.196. The Kier molecular flexibility index (Phi) is 5.64. The number of fused-ring (bicyclic) bond motifs is 10. The highest BCUT2D eigenvalue weighted by Crippen LogP contribution is 2.41. The highest BCUT2D eigenvalue weighted by Gasteiger charge is 2.21. The molecule has 3 heterocycles. The van der Waals surface area contributed by atoms with Crippen LogP contribution in [0.5, 0.6) is 0 Å². The molecule has 0 aliphatic carbocycles. The van der Waals surface area contributed by atoms with E-state index in [4.69, 9.17) is 4.42 Å². The van der Waals surface area contributed by atoms with Crippen LogP contribution in [0.2, 0.25) is 0 Å². The average molecular weight is 625 g/mol. The van der Waals surface area contributed by atoms with Crippen LogP contribution in [0.4, 0.5) is 0 Å². The van der Waals surface area contributed by atoms with Crippen LogP contribution in [0.15, 0.2) is 150 Å². The molecule has 49 heavy (non-hydrogen) atoms. The SMILES string of the molecule is N#Cc1cc(C#N)c(-n2c3ccccc3c3ccccc32)cc1-c1cccc(-n2c3ccccc3c3ccc4c5ccccc5oc4c32)c1. The number of nitriles is 2. The molecule has 0 amide bonds. The molecule has 0 saturated carbocycles. The third-order valence-corrected chi connectivity index (χ3v) is 9.79. The molecule has 10 aromatic rings. The zero-order valence-electron chi connectivity index (χ0n) is 26.1. The fraction of sp³-hybridized carbons (Fsp3) is 0. The Hall–Kier alpha value is -7.08. The predicted octanol–water partition coefficient (Wildman–Crippen LogP) is 11.2. The molecule has 0 N–H and O–H groups in total. The van der Waals surface area contributed by atoms with Gasteiger partial charge in [0, 0.05) is 43.6 Å². The Labute approximate surface area is 280 Å². The molecule has 5 heteroatoms. The van der Waals surface area contributed by atoms with Gasteiger partial charge in [-0.3, -0.25) is 0 Å². The Morgan fingerprint density at radius 1 is 0.469 bits per heavy atom. The lowest BCUT2D eigenvalue weighted by atomic mass is 9.96. The van der Waals surface area contributed by atoms with E-state index in [2.05, 4.69) is 100 Å². The second-order valence-corrected chi connectivity index (χ2v) is 12.3. The van der Waals surface area contributed by atoms with Crippen LogP contribution in [-0.2, 0) is 0 Å². The molecule has 5 nitrogen and oxygen atoms in total. The maximum Gasteiger partial charge on any atom is 0.160 e. The van der Waals surface area contributed by atoms with Gasteiger partial charge in [0.25, 0.3) is 0 Å². The van der Waals surface area contributed by atoms with E-state index in [-0.39, 0.29) is 0 Å². The van der Waals surface area contributed by atoms with E-state index < -0.39 is 0 Å². The first-order valence-electron chi connectivity index (χ1n) is 16.1. The average Bonchev–Trinajstić information content (AvgIpc) is 3.82. The zero-order valence-corrected chi connectivity index (χ0v) is 26.1. The standard InChI is InChI=1S/C44H24N4O/c45-25-28-22-29(26-46)41(48-39-17-6-1-12-31(39)32-13-2-7-18-40(32)48)24-37(28)27-10-9-11-30(23-27)47-38-16-5-3-14-33(38)35-20-21-36-34-15-4-8-19-42(34)49-44(36)43(35)47/h1-24H. The van der Waals surface area contributed by atoms with Crippen LogP contribution < -0.4 is 0 Å². The van der Waals surface area contributed by atoms with Gasteiger partial charge in [0.15, 0.2) is 5.58 Å². The largest absolute Gasteiger partial charge is 0.454 e. The molecule has 0 atom stereocenters. The van der Waals surface area contributed by atoms with E-state index in [0.29, 0.717) is 11.1 Å².